The molecule has 2 heterocycles. The Bertz CT molecular complexity index is 722. The fourth-order valence-corrected chi connectivity index (χ4v) is 2.63. The van der Waals surface area contributed by atoms with Crippen molar-refractivity contribution in [3.05, 3.63) is 42.1 Å². The minimum atomic E-state index is -1.17. The number of carboxylic acids is 1. The van der Waals surface area contributed by atoms with Crippen LogP contribution in [-0.4, -0.2) is 40.7 Å². The Kier molecular flexibility index (Phi) is 6.66. The average Bonchev–Trinajstić information content (AvgIpc) is 2.61. The van der Waals surface area contributed by atoms with Gasteiger partial charge in [0.15, 0.2) is 5.69 Å². The topological polar surface area (TPSA) is 84.3 Å². The van der Waals surface area contributed by atoms with Gasteiger partial charge in [0, 0.05) is 11.6 Å². The second kappa shape index (κ2) is 8.73. The van der Waals surface area contributed by atoms with Crippen molar-refractivity contribution in [2.75, 3.05) is 19.7 Å². The third-order valence-corrected chi connectivity index (χ3v) is 4.03. The molecule has 0 amide bonds. The number of aromatic carboxylic acids is 1. The van der Waals surface area contributed by atoms with Gasteiger partial charge in [0.25, 0.3) is 0 Å². The van der Waals surface area contributed by atoms with Crippen LogP contribution in [0.5, 0.6) is 5.75 Å². The highest BCUT2D eigenvalue weighted by atomic mass is 35.5. The third kappa shape index (κ3) is 4.87. The predicted molar refractivity (Wildman–Crippen MR) is 92.7 cm³/mol. The van der Waals surface area contributed by atoms with Gasteiger partial charge in [0.05, 0.1) is 24.7 Å². The van der Waals surface area contributed by atoms with Crippen LogP contribution in [0.1, 0.15) is 23.3 Å². The summed E-state index contributed by atoms with van der Waals surface area (Å²) in [4.78, 5) is 18.5. The van der Waals surface area contributed by atoms with Gasteiger partial charge in [-0.15, -0.1) is 12.4 Å². The maximum Gasteiger partial charge on any atom is 0.356 e. The molecule has 0 bridgehead atoms. The fraction of sp³-hybridized carbons (Fsp3) is 0.353. The zero-order chi connectivity index (χ0) is 16.9. The highest BCUT2D eigenvalue weighted by molar-refractivity contribution is 5.85. The predicted octanol–water partition coefficient (Wildman–Crippen LogP) is 2.78. The fourth-order valence-electron chi connectivity index (χ4n) is 2.63. The molecule has 134 valence electrons. The molecule has 1 aromatic carbocycles. The second-order valence-corrected chi connectivity index (χ2v) is 5.74. The Balaban J connectivity index is 0.00000225. The largest absolute Gasteiger partial charge is 0.493 e. The monoisotopic (exact) mass is 367 g/mol. The molecule has 25 heavy (non-hydrogen) atoms. The van der Waals surface area contributed by atoms with E-state index >= 15 is 0 Å². The molecule has 8 heteroatoms. The van der Waals surface area contributed by atoms with Crippen LogP contribution in [0, 0.1) is 11.7 Å². The van der Waals surface area contributed by atoms with Gasteiger partial charge in [-0.05, 0) is 44.0 Å². The Morgan fingerprint density at radius 1 is 1.28 bits per heavy atom. The lowest BCUT2D eigenvalue weighted by molar-refractivity contribution is 0.0690. The summed E-state index contributed by atoms with van der Waals surface area (Å²) < 4.78 is 20.0. The van der Waals surface area contributed by atoms with E-state index in [-0.39, 0.29) is 29.4 Å². The molecule has 0 atom stereocenters. The number of nitrogens with one attached hydrogen (secondary N) is 1. The number of aromatic nitrogens is 2. The molecule has 1 aliphatic heterocycles. The van der Waals surface area contributed by atoms with Gasteiger partial charge >= 0.3 is 5.97 Å². The Morgan fingerprint density at radius 3 is 2.64 bits per heavy atom. The number of benzene rings is 1. The van der Waals surface area contributed by atoms with E-state index in [0.717, 1.165) is 32.1 Å². The van der Waals surface area contributed by atoms with Crippen molar-refractivity contribution in [2.24, 2.45) is 5.92 Å². The molecule has 0 unspecified atom stereocenters. The Labute approximate surface area is 150 Å². The first-order valence-corrected chi connectivity index (χ1v) is 7.82. The molecule has 0 spiro atoms. The van der Waals surface area contributed by atoms with Gasteiger partial charge in [-0.2, -0.15) is 0 Å². The molecule has 0 saturated carbocycles. The maximum absolute atomic E-state index is 14.3. The average molecular weight is 368 g/mol. The lowest BCUT2D eigenvalue weighted by Crippen LogP contribution is -2.30. The number of piperidine rings is 1. The highest BCUT2D eigenvalue weighted by Crippen LogP contribution is 2.25. The number of halogens is 2. The van der Waals surface area contributed by atoms with Crippen molar-refractivity contribution < 1.29 is 19.0 Å². The molecule has 0 aliphatic carbocycles. The summed E-state index contributed by atoms with van der Waals surface area (Å²) in [6.07, 6.45) is 4.48. The van der Waals surface area contributed by atoms with Crippen LogP contribution in [0.3, 0.4) is 0 Å². The molecule has 1 fully saturated rings. The first-order valence-electron chi connectivity index (χ1n) is 7.82. The lowest BCUT2D eigenvalue weighted by Gasteiger charge is -2.22. The van der Waals surface area contributed by atoms with Crippen molar-refractivity contribution in [1.82, 2.24) is 15.3 Å². The van der Waals surface area contributed by atoms with Crippen LogP contribution in [0.2, 0.25) is 0 Å². The number of hydrogen-bond donors (Lipinski definition) is 2. The number of hydrogen-bond acceptors (Lipinski definition) is 5. The summed E-state index contributed by atoms with van der Waals surface area (Å²) >= 11 is 0. The standard InChI is InChI=1S/C17H18FN3O3.ClH/c18-14-7-12(24-10-11-3-5-19-6-4-11)1-2-13(14)15-8-21-16(9-20-15)17(22)23;/h1-2,7-9,11,19H,3-6,10H2,(H,22,23);1H. The summed E-state index contributed by atoms with van der Waals surface area (Å²) in [5.41, 5.74) is 0.358. The Hall–Kier alpha value is -2.25. The second-order valence-electron chi connectivity index (χ2n) is 5.74. The molecular weight excluding hydrogens is 349 g/mol. The van der Waals surface area contributed by atoms with Crippen LogP contribution < -0.4 is 10.1 Å². The molecule has 1 aromatic heterocycles. The molecule has 1 saturated heterocycles. The van der Waals surface area contributed by atoms with Crippen LogP contribution in [-0.2, 0) is 0 Å². The summed E-state index contributed by atoms with van der Waals surface area (Å²) in [5, 5.41) is 12.1. The van der Waals surface area contributed by atoms with E-state index in [1.165, 1.54) is 12.3 Å². The summed E-state index contributed by atoms with van der Waals surface area (Å²) in [6.45, 7) is 2.56. The van der Waals surface area contributed by atoms with Crippen molar-refractivity contribution >= 4 is 18.4 Å². The summed E-state index contributed by atoms with van der Waals surface area (Å²) in [7, 11) is 0. The van der Waals surface area contributed by atoms with E-state index < -0.39 is 11.8 Å². The van der Waals surface area contributed by atoms with E-state index in [2.05, 4.69) is 15.3 Å². The lowest BCUT2D eigenvalue weighted by atomic mass is 9.99. The molecular formula is C17H19ClFN3O3. The minimum absolute atomic E-state index is 0. The normalized spacial score (nSPS) is 14.6. The number of carboxylic acid groups (broad SMARTS) is 1. The highest BCUT2D eigenvalue weighted by Gasteiger charge is 2.15. The van der Waals surface area contributed by atoms with Gasteiger partial charge in [0.1, 0.15) is 11.6 Å². The zero-order valence-corrected chi connectivity index (χ0v) is 14.3. The van der Waals surface area contributed by atoms with Gasteiger partial charge in [0.2, 0.25) is 0 Å². The summed E-state index contributed by atoms with van der Waals surface area (Å²) in [6, 6.07) is 4.58. The van der Waals surface area contributed by atoms with Gasteiger partial charge in [-0.1, -0.05) is 0 Å². The molecule has 2 aromatic rings. The van der Waals surface area contributed by atoms with E-state index in [0.29, 0.717) is 18.3 Å². The smallest absolute Gasteiger partial charge is 0.356 e. The van der Waals surface area contributed by atoms with Gasteiger partial charge in [-0.25, -0.2) is 14.2 Å². The van der Waals surface area contributed by atoms with Crippen molar-refractivity contribution in [3.63, 3.8) is 0 Å². The molecule has 3 rings (SSSR count). The van der Waals surface area contributed by atoms with Gasteiger partial charge in [-0.3, -0.25) is 4.98 Å². The molecule has 6 nitrogen and oxygen atoms in total. The first-order chi connectivity index (χ1) is 11.6. The molecule has 1 aliphatic rings. The maximum atomic E-state index is 14.3. The van der Waals surface area contributed by atoms with Crippen LogP contribution in [0.4, 0.5) is 4.39 Å². The van der Waals surface area contributed by atoms with Crippen molar-refractivity contribution in [3.8, 4) is 17.0 Å². The van der Waals surface area contributed by atoms with Crippen molar-refractivity contribution in [1.29, 1.82) is 0 Å². The van der Waals surface area contributed by atoms with Crippen LogP contribution >= 0.6 is 12.4 Å². The molecule has 0 radical (unpaired) electrons. The van der Waals surface area contributed by atoms with Crippen LogP contribution in [0.25, 0.3) is 11.3 Å². The van der Waals surface area contributed by atoms with E-state index in [1.807, 2.05) is 0 Å². The summed E-state index contributed by atoms with van der Waals surface area (Å²) in [5.74, 6) is -0.681. The number of ether oxygens (including phenoxy) is 1. The van der Waals surface area contributed by atoms with E-state index in [1.54, 1.807) is 12.1 Å². The quantitative estimate of drug-likeness (QED) is 0.845. The van der Waals surface area contributed by atoms with Gasteiger partial charge < -0.3 is 15.2 Å². The first kappa shape index (κ1) is 19.1. The van der Waals surface area contributed by atoms with E-state index in [9.17, 15) is 9.18 Å². The van der Waals surface area contributed by atoms with Crippen LogP contribution in [0.15, 0.2) is 30.6 Å². The number of rotatable bonds is 5. The third-order valence-electron chi connectivity index (χ3n) is 4.03. The SMILES string of the molecule is Cl.O=C(O)c1cnc(-c2ccc(OCC3CCNCC3)cc2F)cn1. The number of carbonyl (C=O) groups is 1. The molecule has 2 N–H and O–H groups in total. The van der Waals surface area contributed by atoms with Crippen molar-refractivity contribution in [2.45, 2.75) is 12.8 Å². The minimum Gasteiger partial charge on any atom is -0.493 e. The zero-order valence-electron chi connectivity index (χ0n) is 13.4. The number of nitrogens with zero attached hydrogens (tertiary/aromatic N) is 2. The van der Waals surface area contributed by atoms with E-state index in [4.69, 9.17) is 9.84 Å². The Morgan fingerprint density at radius 2 is 2.04 bits per heavy atom.